The molecule has 3 N–H and O–H groups in total. The maximum atomic E-state index is 13.3. The van der Waals surface area contributed by atoms with E-state index in [4.69, 9.17) is 10.1 Å². The predicted molar refractivity (Wildman–Crippen MR) is 115 cm³/mol. The molecule has 7 nitrogen and oxygen atoms in total. The fraction of sp³-hybridized carbons (Fsp3) is 0.250. The van der Waals surface area contributed by atoms with E-state index in [-0.39, 0.29) is 41.5 Å². The molecule has 33 heavy (non-hydrogen) atoms. The highest BCUT2D eigenvalue weighted by Gasteiger charge is 2.65. The molecular weight excluding hydrogens is 471 g/mol. The van der Waals surface area contributed by atoms with Crippen LogP contribution in [0.1, 0.15) is 31.8 Å². The number of ether oxygens (including phenoxy) is 1. The van der Waals surface area contributed by atoms with Gasteiger partial charge in [0, 0.05) is 37.5 Å². The third-order valence-electron chi connectivity index (χ3n) is 5.13. The third-order valence-corrected chi connectivity index (χ3v) is 6.25. The van der Waals surface area contributed by atoms with Crippen LogP contribution in [0.15, 0.2) is 35.2 Å². The Labute approximate surface area is 186 Å². The van der Waals surface area contributed by atoms with Gasteiger partial charge in [0.25, 0.3) is 5.91 Å². The van der Waals surface area contributed by atoms with Crippen LogP contribution in [0.5, 0.6) is 5.75 Å². The first-order valence-electron chi connectivity index (χ1n) is 9.45. The molecule has 1 heterocycles. The van der Waals surface area contributed by atoms with Gasteiger partial charge < -0.3 is 20.3 Å². The summed E-state index contributed by atoms with van der Waals surface area (Å²) in [5, 5.41) is 13.1. The lowest BCUT2D eigenvalue weighted by molar-refractivity contribution is 0.0953. The molecular formula is C20H21F5N4O3S. The quantitative estimate of drug-likeness (QED) is 0.382. The number of amidine groups is 1. The number of methoxy groups -OCH3 is 1. The Morgan fingerprint density at radius 3 is 2.30 bits per heavy atom. The molecule has 0 bridgehead atoms. The number of hydrogen-bond donors (Lipinski definition) is 3. The van der Waals surface area contributed by atoms with Gasteiger partial charge in [0.15, 0.2) is 5.78 Å². The number of fused-ring (bicyclic) bond motifs is 1. The van der Waals surface area contributed by atoms with Gasteiger partial charge >= 0.3 is 10.2 Å². The summed E-state index contributed by atoms with van der Waals surface area (Å²) in [5.41, 5.74) is 0.202. The van der Waals surface area contributed by atoms with E-state index in [9.17, 15) is 29.0 Å². The van der Waals surface area contributed by atoms with Crippen LogP contribution >= 0.6 is 10.2 Å². The number of nitrogens with one attached hydrogen (secondary N) is 3. The summed E-state index contributed by atoms with van der Waals surface area (Å²) in [4.78, 5) is 23.9. The highest BCUT2D eigenvalue weighted by atomic mass is 32.5. The number of rotatable bonds is 7. The Hall–Kier alpha value is -3.35. The van der Waals surface area contributed by atoms with Crippen molar-refractivity contribution in [3.05, 3.63) is 52.6 Å². The molecule has 0 unspecified atom stereocenters. The van der Waals surface area contributed by atoms with Crippen molar-refractivity contribution in [2.75, 3.05) is 33.1 Å². The number of Topliss-reactive ketones (excluding diaryl/α,β-unsaturated/α-hetero) is 1. The number of nitrogens with zero attached hydrogens (tertiary/aromatic N) is 1. The summed E-state index contributed by atoms with van der Waals surface area (Å²) < 4.78 is 71.9. The molecule has 0 spiro atoms. The zero-order valence-electron chi connectivity index (χ0n) is 17.8. The SMILES string of the molecule is CNC(=O)c1cc2c(cc1OC)CN(CC(=O)c1cc(NC)cc(S(F)(F)(F)(F)F)c1)C2=N. The zero-order valence-corrected chi connectivity index (χ0v) is 18.6. The maximum Gasteiger partial charge on any atom is 0.310 e. The molecule has 0 atom stereocenters. The van der Waals surface area contributed by atoms with Crippen LogP contribution in [-0.2, 0) is 6.54 Å². The Kier molecular flexibility index (Phi) is 5.40. The molecule has 180 valence electrons. The van der Waals surface area contributed by atoms with Crippen molar-refractivity contribution in [3.63, 3.8) is 0 Å². The molecule has 0 aromatic heterocycles. The van der Waals surface area contributed by atoms with Crippen molar-refractivity contribution in [1.82, 2.24) is 10.2 Å². The van der Waals surface area contributed by atoms with E-state index in [2.05, 4.69) is 10.6 Å². The fourth-order valence-corrected chi connectivity index (χ4v) is 4.14. The van der Waals surface area contributed by atoms with Crippen molar-refractivity contribution in [3.8, 4) is 5.75 Å². The third kappa shape index (κ3) is 4.87. The molecule has 1 aliphatic rings. The number of halogens is 5. The zero-order chi connectivity index (χ0) is 24.8. The first-order chi connectivity index (χ1) is 15.1. The maximum absolute atomic E-state index is 13.3. The lowest BCUT2D eigenvalue weighted by atomic mass is 10.0. The van der Waals surface area contributed by atoms with Crippen molar-refractivity contribution >= 4 is 33.4 Å². The topological polar surface area (TPSA) is 94.5 Å². The highest BCUT2D eigenvalue weighted by molar-refractivity contribution is 8.45. The lowest BCUT2D eigenvalue weighted by Gasteiger charge is -2.40. The molecule has 13 heteroatoms. The lowest BCUT2D eigenvalue weighted by Crippen LogP contribution is -2.30. The van der Waals surface area contributed by atoms with Crippen LogP contribution in [0.25, 0.3) is 0 Å². The van der Waals surface area contributed by atoms with Crippen LogP contribution in [0.4, 0.5) is 25.1 Å². The first-order valence-corrected chi connectivity index (χ1v) is 11.4. The number of amides is 1. The van der Waals surface area contributed by atoms with E-state index in [0.717, 1.165) is 6.07 Å². The van der Waals surface area contributed by atoms with Gasteiger partial charge in [-0.1, -0.05) is 19.4 Å². The van der Waals surface area contributed by atoms with Gasteiger partial charge in [-0.25, -0.2) is 0 Å². The monoisotopic (exact) mass is 492 g/mol. The van der Waals surface area contributed by atoms with Crippen LogP contribution in [0.3, 0.4) is 0 Å². The van der Waals surface area contributed by atoms with Gasteiger partial charge in [-0.2, -0.15) is 0 Å². The molecule has 0 saturated carbocycles. The van der Waals surface area contributed by atoms with Crippen LogP contribution in [0, 0.1) is 5.41 Å². The van der Waals surface area contributed by atoms with E-state index in [1.54, 1.807) is 0 Å². The van der Waals surface area contributed by atoms with Crippen LogP contribution in [-0.4, -0.2) is 50.2 Å². The van der Waals surface area contributed by atoms with Crippen molar-refractivity contribution in [2.24, 2.45) is 0 Å². The second-order valence-electron chi connectivity index (χ2n) is 7.38. The van der Waals surface area contributed by atoms with E-state index >= 15 is 0 Å². The highest BCUT2D eigenvalue weighted by Crippen LogP contribution is 3.02. The van der Waals surface area contributed by atoms with Gasteiger partial charge in [0.2, 0.25) is 0 Å². The summed E-state index contributed by atoms with van der Waals surface area (Å²) in [6.45, 7) is -0.484. The predicted octanol–water partition coefficient (Wildman–Crippen LogP) is 4.78. The molecule has 0 fully saturated rings. The smallest absolute Gasteiger partial charge is 0.310 e. The first kappa shape index (κ1) is 24.3. The molecule has 1 amide bonds. The van der Waals surface area contributed by atoms with Gasteiger partial charge in [0.05, 0.1) is 19.2 Å². The Morgan fingerprint density at radius 2 is 1.76 bits per heavy atom. The summed E-state index contributed by atoms with van der Waals surface area (Å²) in [5.74, 6) is -1.23. The fourth-order valence-electron chi connectivity index (χ4n) is 3.44. The largest absolute Gasteiger partial charge is 0.496 e. The van der Waals surface area contributed by atoms with Crippen molar-refractivity contribution in [2.45, 2.75) is 11.4 Å². The molecule has 3 rings (SSSR count). The molecule has 0 saturated heterocycles. The number of benzene rings is 2. The Morgan fingerprint density at radius 1 is 1.09 bits per heavy atom. The Balaban J connectivity index is 1.93. The molecule has 1 aliphatic heterocycles. The Bertz CT molecular complexity index is 1190. The molecule has 0 aliphatic carbocycles. The second kappa shape index (κ2) is 7.33. The number of hydrogen-bond acceptors (Lipinski definition) is 5. The van der Waals surface area contributed by atoms with Gasteiger partial charge in [-0.15, -0.1) is 0 Å². The van der Waals surface area contributed by atoms with E-state index in [1.165, 1.54) is 38.2 Å². The van der Waals surface area contributed by atoms with Gasteiger partial charge in [-0.3, -0.25) is 15.0 Å². The minimum Gasteiger partial charge on any atom is -0.496 e. The summed E-state index contributed by atoms with van der Waals surface area (Å²) in [6.07, 6.45) is 0. The summed E-state index contributed by atoms with van der Waals surface area (Å²) >= 11 is 0. The number of ketones is 1. The van der Waals surface area contributed by atoms with E-state index in [1.807, 2.05) is 0 Å². The van der Waals surface area contributed by atoms with Gasteiger partial charge in [-0.05, 0) is 35.9 Å². The summed E-state index contributed by atoms with van der Waals surface area (Å²) in [6, 6.07) is 4.37. The van der Waals surface area contributed by atoms with Crippen LogP contribution in [0.2, 0.25) is 0 Å². The molecule has 2 aromatic rings. The standard InChI is InChI=1S/C20H21F5N4O3S/c1-27-13-4-11(5-14(7-13)33(21,22,23,24)25)17(30)10-29-9-12-6-18(32-3)16(20(31)28-2)8-15(12)19(29)26/h4-8,26-27H,9-10H2,1-3H3,(H,28,31). The number of carbonyl (C=O) groups is 2. The number of anilines is 1. The van der Waals surface area contributed by atoms with Gasteiger partial charge in [0.1, 0.15) is 16.5 Å². The van der Waals surface area contributed by atoms with Crippen LogP contribution < -0.4 is 15.4 Å². The minimum absolute atomic E-state index is 0.0461. The average molecular weight is 492 g/mol. The summed E-state index contributed by atoms with van der Waals surface area (Å²) in [7, 11) is -6.00. The van der Waals surface area contributed by atoms with E-state index < -0.39 is 38.9 Å². The second-order valence-corrected chi connectivity index (χ2v) is 9.79. The minimum atomic E-state index is -10.0. The van der Waals surface area contributed by atoms with Crippen molar-refractivity contribution in [1.29, 1.82) is 5.41 Å². The number of carbonyl (C=O) groups excluding carboxylic acids is 2. The molecule has 0 radical (unpaired) electrons. The van der Waals surface area contributed by atoms with E-state index in [0.29, 0.717) is 11.1 Å². The average Bonchev–Trinajstić information content (AvgIpc) is 3.04. The van der Waals surface area contributed by atoms with Crippen molar-refractivity contribution < 1.29 is 33.8 Å². The normalized spacial score (nSPS) is 15.4. The molecule has 2 aromatic carbocycles.